The van der Waals surface area contributed by atoms with Crippen LogP contribution < -0.4 is 4.12 Å². The van der Waals surface area contributed by atoms with Gasteiger partial charge >= 0.3 is 0 Å². The molecule has 0 saturated heterocycles. The second-order valence-corrected chi connectivity index (χ2v) is 4.49. The second kappa shape index (κ2) is 6.82. The summed E-state index contributed by atoms with van der Waals surface area (Å²) in [5, 5.41) is 13.0. The minimum absolute atomic E-state index is 0.936. The molecule has 0 spiro atoms. The van der Waals surface area contributed by atoms with Gasteiger partial charge in [0.25, 0.3) is 0 Å². The number of rotatable bonds is 7. The highest BCUT2D eigenvalue weighted by Gasteiger charge is 2.05. The maximum Gasteiger partial charge on any atom is 0.208 e. The van der Waals surface area contributed by atoms with Crippen molar-refractivity contribution in [2.75, 3.05) is 0 Å². The van der Waals surface area contributed by atoms with E-state index in [-0.39, 0.29) is 0 Å². The van der Waals surface area contributed by atoms with Gasteiger partial charge in [0.05, 0.1) is 5.38 Å². The van der Waals surface area contributed by atoms with Gasteiger partial charge in [-0.05, 0) is 6.42 Å². The Balaban J connectivity index is 2.02. The first-order chi connectivity index (χ1) is 6.84. The molecule has 1 aromatic rings. The zero-order valence-electron chi connectivity index (χ0n) is 8.87. The monoisotopic (exact) mass is 213 g/mol. The van der Waals surface area contributed by atoms with Crippen molar-refractivity contribution in [3.8, 4) is 0 Å². The largest absolute Gasteiger partial charge is 0.606 e. The normalized spacial score (nSPS) is 10.6. The third-order valence-corrected chi connectivity index (χ3v) is 3.12. The van der Waals surface area contributed by atoms with E-state index in [0.717, 1.165) is 22.7 Å². The number of aryl methyl sites for hydroxylation is 1. The molecule has 0 fully saturated rings. The molecule has 0 unspecified atom stereocenters. The molecule has 0 bridgehead atoms. The standard InChI is InChI=1S/C11H19NOS/c1-2-3-4-5-6-7-8-11-9-10-14-12(11)13/h9-10H,2-8H2,1H3. The van der Waals surface area contributed by atoms with Gasteiger partial charge in [0, 0.05) is 12.5 Å². The van der Waals surface area contributed by atoms with Gasteiger partial charge in [0.2, 0.25) is 5.69 Å². The van der Waals surface area contributed by atoms with Gasteiger partial charge in [-0.3, -0.25) is 0 Å². The molecule has 80 valence electrons. The number of unbranched alkanes of at least 4 members (excludes halogenated alkanes) is 5. The van der Waals surface area contributed by atoms with Crippen molar-refractivity contribution in [1.29, 1.82) is 0 Å². The summed E-state index contributed by atoms with van der Waals surface area (Å²) >= 11 is 1.24. The SMILES string of the molecule is CCCCCCCCc1ccs[n+]1[O-]. The molecule has 0 aliphatic rings. The van der Waals surface area contributed by atoms with E-state index >= 15 is 0 Å². The van der Waals surface area contributed by atoms with E-state index in [4.69, 9.17) is 0 Å². The Labute approximate surface area is 90.3 Å². The lowest BCUT2D eigenvalue weighted by Crippen LogP contribution is -2.24. The van der Waals surface area contributed by atoms with E-state index in [0.29, 0.717) is 0 Å². The van der Waals surface area contributed by atoms with Crippen molar-refractivity contribution >= 4 is 11.5 Å². The van der Waals surface area contributed by atoms with Crippen molar-refractivity contribution in [3.05, 3.63) is 22.3 Å². The molecule has 2 nitrogen and oxygen atoms in total. The summed E-state index contributed by atoms with van der Waals surface area (Å²) in [6.45, 7) is 2.23. The van der Waals surface area contributed by atoms with Gasteiger partial charge < -0.3 is 5.21 Å². The molecule has 0 aromatic carbocycles. The molecule has 0 amide bonds. The van der Waals surface area contributed by atoms with E-state index < -0.39 is 0 Å². The van der Waals surface area contributed by atoms with Gasteiger partial charge in [-0.15, -0.1) is 4.12 Å². The molecular formula is C11H19NOS. The van der Waals surface area contributed by atoms with Gasteiger partial charge in [-0.2, -0.15) is 0 Å². The number of nitrogens with zero attached hydrogens (tertiary/aromatic N) is 1. The highest BCUT2D eigenvalue weighted by molar-refractivity contribution is 6.99. The van der Waals surface area contributed by atoms with E-state index in [1.807, 2.05) is 11.4 Å². The lowest BCUT2D eigenvalue weighted by Gasteiger charge is -1.99. The van der Waals surface area contributed by atoms with Crippen LogP contribution in [0.5, 0.6) is 0 Å². The Morgan fingerprint density at radius 1 is 1.21 bits per heavy atom. The van der Waals surface area contributed by atoms with Crippen molar-refractivity contribution in [1.82, 2.24) is 0 Å². The quantitative estimate of drug-likeness (QED) is 0.388. The third-order valence-electron chi connectivity index (χ3n) is 2.44. The molecular weight excluding hydrogens is 194 g/mol. The Hall–Kier alpha value is -0.570. The molecule has 1 aromatic heterocycles. The first-order valence-corrected chi connectivity index (χ1v) is 6.34. The molecule has 3 heteroatoms. The van der Waals surface area contributed by atoms with Gasteiger partial charge in [0.15, 0.2) is 0 Å². The van der Waals surface area contributed by atoms with Crippen molar-refractivity contribution in [2.45, 2.75) is 51.9 Å². The molecule has 0 radical (unpaired) electrons. The van der Waals surface area contributed by atoms with Crippen LogP contribution in [-0.4, -0.2) is 0 Å². The number of aromatic nitrogens is 1. The Morgan fingerprint density at radius 2 is 1.93 bits per heavy atom. The van der Waals surface area contributed by atoms with Crippen LogP contribution in [0.1, 0.15) is 51.1 Å². The van der Waals surface area contributed by atoms with E-state index in [2.05, 4.69) is 6.92 Å². The summed E-state index contributed by atoms with van der Waals surface area (Å²) < 4.78 is 1.02. The van der Waals surface area contributed by atoms with Crippen molar-refractivity contribution in [2.24, 2.45) is 0 Å². The fraction of sp³-hybridized carbons (Fsp3) is 0.727. The van der Waals surface area contributed by atoms with E-state index in [1.165, 1.54) is 43.6 Å². The van der Waals surface area contributed by atoms with Crippen molar-refractivity contribution in [3.63, 3.8) is 0 Å². The molecule has 0 atom stereocenters. The van der Waals surface area contributed by atoms with Crippen molar-refractivity contribution < 1.29 is 4.12 Å². The Kier molecular flexibility index (Phi) is 5.60. The van der Waals surface area contributed by atoms with Crippen LogP contribution in [0.25, 0.3) is 0 Å². The van der Waals surface area contributed by atoms with Crippen LogP contribution in [0, 0.1) is 5.21 Å². The van der Waals surface area contributed by atoms with Crippen LogP contribution in [-0.2, 0) is 6.42 Å². The molecule has 0 N–H and O–H groups in total. The van der Waals surface area contributed by atoms with E-state index in [9.17, 15) is 5.21 Å². The van der Waals surface area contributed by atoms with E-state index in [1.54, 1.807) is 0 Å². The topological polar surface area (TPSA) is 26.9 Å². The van der Waals surface area contributed by atoms with Gasteiger partial charge in [0.1, 0.15) is 11.5 Å². The highest BCUT2D eigenvalue weighted by atomic mass is 32.1. The fourth-order valence-electron chi connectivity index (χ4n) is 1.55. The fourth-order valence-corrected chi connectivity index (χ4v) is 2.17. The summed E-state index contributed by atoms with van der Waals surface area (Å²) in [6, 6.07) is 1.93. The molecule has 0 saturated carbocycles. The Bertz CT molecular complexity index is 247. The maximum atomic E-state index is 11.1. The molecule has 1 rings (SSSR count). The summed E-state index contributed by atoms with van der Waals surface area (Å²) in [7, 11) is 0. The smallest absolute Gasteiger partial charge is 0.208 e. The lowest BCUT2D eigenvalue weighted by atomic mass is 10.1. The summed E-state index contributed by atoms with van der Waals surface area (Å²) in [4.78, 5) is 0. The van der Waals surface area contributed by atoms with Crippen LogP contribution in [0.15, 0.2) is 11.4 Å². The van der Waals surface area contributed by atoms with Crippen LogP contribution >= 0.6 is 11.5 Å². The second-order valence-electron chi connectivity index (χ2n) is 3.67. The minimum atomic E-state index is 0.936. The number of hydrogen-bond acceptors (Lipinski definition) is 2. The lowest BCUT2D eigenvalue weighted by molar-refractivity contribution is -0.539. The first kappa shape index (κ1) is 11.5. The zero-order chi connectivity index (χ0) is 10.2. The van der Waals surface area contributed by atoms with Gasteiger partial charge in [-0.1, -0.05) is 39.0 Å². The first-order valence-electron chi connectivity index (χ1n) is 5.51. The molecule has 0 aliphatic carbocycles. The number of hydrogen-bond donors (Lipinski definition) is 0. The maximum absolute atomic E-state index is 11.1. The minimum Gasteiger partial charge on any atom is -0.606 e. The Morgan fingerprint density at radius 3 is 2.57 bits per heavy atom. The summed E-state index contributed by atoms with van der Waals surface area (Å²) in [5.74, 6) is 0. The average Bonchev–Trinajstić information content (AvgIpc) is 2.58. The molecule has 14 heavy (non-hydrogen) atoms. The summed E-state index contributed by atoms with van der Waals surface area (Å²) in [6.07, 6.45) is 8.66. The zero-order valence-corrected chi connectivity index (χ0v) is 9.68. The average molecular weight is 213 g/mol. The highest BCUT2D eigenvalue weighted by Crippen LogP contribution is 2.08. The van der Waals surface area contributed by atoms with Gasteiger partial charge in [-0.25, -0.2) is 0 Å². The summed E-state index contributed by atoms with van der Waals surface area (Å²) in [5.41, 5.74) is 0.936. The molecule has 1 heterocycles. The predicted octanol–water partition coefficient (Wildman–Crippen LogP) is 3.28. The predicted molar refractivity (Wildman–Crippen MR) is 60.4 cm³/mol. The van der Waals surface area contributed by atoms with Crippen LogP contribution in [0.2, 0.25) is 0 Å². The van der Waals surface area contributed by atoms with Crippen LogP contribution in [0.4, 0.5) is 0 Å². The van der Waals surface area contributed by atoms with Crippen LogP contribution in [0.3, 0.4) is 0 Å². The molecule has 0 aliphatic heterocycles. The third kappa shape index (κ3) is 4.09.